The molecule has 0 aliphatic carbocycles. The number of aromatic nitrogens is 2. The van der Waals surface area contributed by atoms with Gasteiger partial charge in [0.15, 0.2) is 0 Å². The highest BCUT2D eigenvalue weighted by Gasteiger charge is 2.17. The van der Waals surface area contributed by atoms with Gasteiger partial charge in [0.25, 0.3) is 0 Å². The number of aryl methyl sites for hydroxylation is 1. The molecule has 0 radical (unpaired) electrons. The van der Waals surface area contributed by atoms with Gasteiger partial charge >= 0.3 is 0 Å². The lowest BCUT2D eigenvalue weighted by Gasteiger charge is -2.18. The van der Waals surface area contributed by atoms with E-state index in [1.165, 1.54) is 9.13 Å². The first-order chi connectivity index (χ1) is 8.76. The molecule has 0 bridgehead atoms. The third-order valence-corrected chi connectivity index (χ3v) is 3.61. The summed E-state index contributed by atoms with van der Waals surface area (Å²) in [7, 11) is 1.98. The van der Waals surface area contributed by atoms with Crippen LogP contribution in [0.15, 0.2) is 36.7 Å². The summed E-state index contributed by atoms with van der Waals surface area (Å²) in [6, 6.07) is 8.70. The molecule has 0 amide bonds. The van der Waals surface area contributed by atoms with Crippen molar-refractivity contribution in [3.8, 4) is 0 Å². The fraction of sp³-hybridized carbons (Fsp3) is 0.357. The molecule has 1 aromatic carbocycles. The van der Waals surface area contributed by atoms with E-state index < -0.39 is 0 Å². The molecule has 1 N–H and O–H groups in total. The third-order valence-electron chi connectivity index (χ3n) is 2.94. The molecule has 0 saturated carbocycles. The van der Waals surface area contributed by atoms with Gasteiger partial charge in [-0.15, -0.1) is 0 Å². The van der Waals surface area contributed by atoms with Gasteiger partial charge in [-0.25, -0.2) is 4.98 Å². The largest absolute Gasteiger partial charge is 0.333 e. The predicted octanol–water partition coefficient (Wildman–Crippen LogP) is 3.21. The van der Waals surface area contributed by atoms with Crippen LogP contribution in [0, 0.1) is 3.57 Å². The number of halogens is 1. The van der Waals surface area contributed by atoms with E-state index in [2.05, 4.69) is 74.8 Å². The van der Waals surface area contributed by atoms with E-state index in [0.717, 1.165) is 18.8 Å². The van der Waals surface area contributed by atoms with Crippen molar-refractivity contribution in [2.24, 2.45) is 0 Å². The Labute approximate surface area is 122 Å². The molecular formula is C14H18IN3. The minimum absolute atomic E-state index is 0.154. The average Bonchev–Trinajstić information content (AvgIpc) is 2.79. The first-order valence-electron chi connectivity index (χ1n) is 6.20. The number of nitrogens with zero attached hydrogens (tertiary/aromatic N) is 2. The highest BCUT2D eigenvalue weighted by molar-refractivity contribution is 14.1. The van der Waals surface area contributed by atoms with E-state index in [4.69, 9.17) is 0 Å². The van der Waals surface area contributed by atoms with Crippen LogP contribution in [0.5, 0.6) is 0 Å². The predicted molar refractivity (Wildman–Crippen MR) is 82.6 cm³/mol. The normalized spacial score (nSPS) is 12.6. The van der Waals surface area contributed by atoms with Gasteiger partial charge in [0.2, 0.25) is 0 Å². The molecule has 4 heteroatoms. The Morgan fingerprint density at radius 2 is 2.28 bits per heavy atom. The third kappa shape index (κ3) is 2.92. The SMILES string of the molecule is CCCn1ccnc1C(NC)c1cccc(I)c1. The van der Waals surface area contributed by atoms with E-state index in [0.29, 0.717) is 0 Å². The molecule has 1 unspecified atom stereocenters. The first-order valence-corrected chi connectivity index (χ1v) is 7.28. The summed E-state index contributed by atoms with van der Waals surface area (Å²) >= 11 is 2.34. The molecule has 0 spiro atoms. The fourth-order valence-corrected chi connectivity index (χ4v) is 2.71. The second-order valence-electron chi connectivity index (χ2n) is 4.26. The Hall–Kier alpha value is -0.880. The summed E-state index contributed by atoms with van der Waals surface area (Å²) in [4.78, 5) is 4.51. The summed E-state index contributed by atoms with van der Waals surface area (Å²) in [6.07, 6.45) is 5.05. The van der Waals surface area contributed by atoms with Gasteiger partial charge in [-0.3, -0.25) is 0 Å². The average molecular weight is 355 g/mol. The van der Waals surface area contributed by atoms with Crippen molar-refractivity contribution in [3.05, 3.63) is 51.6 Å². The number of imidazole rings is 1. The van der Waals surface area contributed by atoms with Gasteiger partial charge in [0, 0.05) is 22.5 Å². The van der Waals surface area contributed by atoms with Crippen LogP contribution in [0.4, 0.5) is 0 Å². The molecule has 18 heavy (non-hydrogen) atoms. The molecular weight excluding hydrogens is 337 g/mol. The Balaban J connectivity index is 2.36. The van der Waals surface area contributed by atoms with Crippen LogP contribution in [0.25, 0.3) is 0 Å². The second-order valence-corrected chi connectivity index (χ2v) is 5.50. The molecule has 1 atom stereocenters. The van der Waals surface area contributed by atoms with Crippen molar-refractivity contribution in [2.45, 2.75) is 25.9 Å². The van der Waals surface area contributed by atoms with Crippen molar-refractivity contribution < 1.29 is 0 Å². The Kier molecular flexibility index (Phi) is 4.77. The van der Waals surface area contributed by atoms with Crippen molar-refractivity contribution >= 4 is 22.6 Å². The van der Waals surface area contributed by atoms with Gasteiger partial charge in [-0.2, -0.15) is 0 Å². The zero-order valence-electron chi connectivity index (χ0n) is 10.7. The molecule has 2 rings (SSSR count). The topological polar surface area (TPSA) is 29.9 Å². The monoisotopic (exact) mass is 355 g/mol. The van der Waals surface area contributed by atoms with Crippen LogP contribution in [-0.4, -0.2) is 16.6 Å². The first kappa shape index (κ1) is 13.5. The molecule has 1 heterocycles. The molecule has 0 saturated heterocycles. The summed E-state index contributed by atoms with van der Waals surface area (Å²) in [5, 5.41) is 3.36. The van der Waals surface area contributed by atoms with E-state index in [-0.39, 0.29) is 6.04 Å². The van der Waals surface area contributed by atoms with Crippen molar-refractivity contribution in [1.29, 1.82) is 0 Å². The van der Waals surface area contributed by atoms with Crippen LogP contribution in [0.2, 0.25) is 0 Å². The fourth-order valence-electron chi connectivity index (χ4n) is 2.14. The summed E-state index contributed by atoms with van der Waals surface area (Å²) in [5.74, 6) is 1.08. The summed E-state index contributed by atoms with van der Waals surface area (Å²) in [6.45, 7) is 3.20. The van der Waals surface area contributed by atoms with E-state index in [1.54, 1.807) is 0 Å². The van der Waals surface area contributed by atoms with Gasteiger partial charge in [-0.05, 0) is 53.8 Å². The molecule has 3 nitrogen and oxygen atoms in total. The maximum Gasteiger partial charge on any atom is 0.130 e. The van der Waals surface area contributed by atoms with Crippen LogP contribution < -0.4 is 5.32 Å². The second kappa shape index (κ2) is 6.33. The van der Waals surface area contributed by atoms with Crippen LogP contribution in [0.3, 0.4) is 0 Å². The lowest BCUT2D eigenvalue weighted by atomic mass is 10.1. The van der Waals surface area contributed by atoms with Gasteiger partial charge < -0.3 is 9.88 Å². The number of rotatable bonds is 5. The number of hydrogen-bond donors (Lipinski definition) is 1. The minimum atomic E-state index is 0.154. The summed E-state index contributed by atoms with van der Waals surface area (Å²) < 4.78 is 3.47. The van der Waals surface area contributed by atoms with Crippen molar-refractivity contribution in [2.75, 3.05) is 7.05 Å². The minimum Gasteiger partial charge on any atom is -0.333 e. The molecule has 0 aliphatic heterocycles. The maximum absolute atomic E-state index is 4.51. The smallest absolute Gasteiger partial charge is 0.130 e. The Morgan fingerprint density at radius 1 is 1.44 bits per heavy atom. The summed E-state index contributed by atoms with van der Waals surface area (Å²) in [5.41, 5.74) is 1.26. The lowest BCUT2D eigenvalue weighted by Crippen LogP contribution is -2.22. The van der Waals surface area contributed by atoms with Crippen LogP contribution >= 0.6 is 22.6 Å². The number of nitrogens with one attached hydrogen (secondary N) is 1. The Morgan fingerprint density at radius 3 is 2.94 bits per heavy atom. The molecule has 96 valence electrons. The lowest BCUT2D eigenvalue weighted by molar-refractivity contribution is 0.568. The van der Waals surface area contributed by atoms with Crippen LogP contribution in [-0.2, 0) is 6.54 Å². The quantitative estimate of drug-likeness (QED) is 0.835. The van der Waals surface area contributed by atoms with Crippen molar-refractivity contribution in [1.82, 2.24) is 14.9 Å². The van der Waals surface area contributed by atoms with Crippen molar-refractivity contribution in [3.63, 3.8) is 0 Å². The molecule has 0 aliphatic rings. The zero-order chi connectivity index (χ0) is 13.0. The number of hydrogen-bond acceptors (Lipinski definition) is 2. The van der Waals surface area contributed by atoms with E-state index in [1.807, 2.05) is 13.2 Å². The Bertz CT molecular complexity index is 507. The van der Waals surface area contributed by atoms with Crippen LogP contribution in [0.1, 0.15) is 30.8 Å². The van der Waals surface area contributed by atoms with Gasteiger partial charge in [0.1, 0.15) is 5.82 Å². The van der Waals surface area contributed by atoms with Gasteiger partial charge in [-0.1, -0.05) is 19.1 Å². The molecule has 2 aromatic rings. The highest BCUT2D eigenvalue weighted by atomic mass is 127. The zero-order valence-corrected chi connectivity index (χ0v) is 12.9. The standard InChI is InChI=1S/C14H18IN3/c1-3-8-18-9-7-17-14(18)13(16-2)11-5-4-6-12(15)10-11/h4-7,9-10,13,16H,3,8H2,1-2H3. The van der Waals surface area contributed by atoms with E-state index in [9.17, 15) is 0 Å². The number of benzene rings is 1. The highest BCUT2D eigenvalue weighted by Crippen LogP contribution is 2.22. The van der Waals surface area contributed by atoms with Gasteiger partial charge in [0.05, 0.1) is 6.04 Å². The maximum atomic E-state index is 4.51. The molecule has 0 fully saturated rings. The van der Waals surface area contributed by atoms with E-state index >= 15 is 0 Å². The molecule has 1 aromatic heterocycles.